The third-order valence-corrected chi connectivity index (χ3v) is 1.32. The molecule has 0 aliphatic carbocycles. The molecule has 0 aromatic heterocycles. The number of aliphatic hydroxyl groups is 1. The zero-order valence-electron chi connectivity index (χ0n) is 8.25. The summed E-state index contributed by atoms with van der Waals surface area (Å²) in [6.07, 6.45) is 0.716. The van der Waals surface area contributed by atoms with Crippen LogP contribution in [0.2, 0.25) is 0 Å². The molecule has 0 aliphatic heterocycles. The second kappa shape index (κ2) is 7.53. The van der Waals surface area contributed by atoms with Crippen LogP contribution in [-0.4, -0.2) is 37.1 Å². The Labute approximate surface area is 74.7 Å². The van der Waals surface area contributed by atoms with Gasteiger partial charge in [0.25, 0.3) is 0 Å². The monoisotopic (exact) mass is 176 g/mol. The van der Waals surface area contributed by atoms with Gasteiger partial charge in [0.15, 0.2) is 0 Å². The zero-order chi connectivity index (χ0) is 9.40. The van der Waals surface area contributed by atoms with Gasteiger partial charge in [-0.1, -0.05) is 6.92 Å². The van der Waals surface area contributed by atoms with Gasteiger partial charge < -0.3 is 14.6 Å². The van der Waals surface area contributed by atoms with Crippen molar-refractivity contribution in [2.45, 2.75) is 39.4 Å². The summed E-state index contributed by atoms with van der Waals surface area (Å²) in [7, 11) is 0. The molecule has 3 heteroatoms. The van der Waals surface area contributed by atoms with Gasteiger partial charge in [0.2, 0.25) is 0 Å². The highest BCUT2D eigenvalue weighted by Gasteiger charge is 2.03. The van der Waals surface area contributed by atoms with Crippen LogP contribution in [-0.2, 0) is 9.47 Å². The summed E-state index contributed by atoms with van der Waals surface area (Å²) >= 11 is 0. The molecule has 12 heavy (non-hydrogen) atoms. The van der Waals surface area contributed by atoms with E-state index >= 15 is 0 Å². The maximum Gasteiger partial charge on any atom is 0.0781 e. The van der Waals surface area contributed by atoms with Crippen molar-refractivity contribution >= 4 is 0 Å². The fourth-order valence-electron chi connectivity index (χ4n) is 0.745. The summed E-state index contributed by atoms with van der Waals surface area (Å²) in [5.41, 5.74) is 0. The standard InChI is InChI=1S/C9H20O3/c1-4-5-11-7-9(3)12-6-8(2)10/h8-10H,4-7H2,1-3H3/t8-,9+/m0/s1. The number of aliphatic hydroxyl groups excluding tert-OH is 1. The predicted molar refractivity (Wildman–Crippen MR) is 48.2 cm³/mol. The minimum absolute atomic E-state index is 0.0751. The molecule has 0 aliphatic rings. The fraction of sp³-hybridized carbons (Fsp3) is 1.00. The molecule has 0 radical (unpaired) electrons. The van der Waals surface area contributed by atoms with E-state index in [0.717, 1.165) is 13.0 Å². The first-order chi connectivity index (χ1) is 5.66. The first-order valence-electron chi connectivity index (χ1n) is 4.54. The van der Waals surface area contributed by atoms with Crippen molar-refractivity contribution in [3.8, 4) is 0 Å². The Morgan fingerprint density at radius 3 is 2.42 bits per heavy atom. The Morgan fingerprint density at radius 2 is 1.92 bits per heavy atom. The molecule has 3 nitrogen and oxygen atoms in total. The third-order valence-electron chi connectivity index (χ3n) is 1.32. The highest BCUT2D eigenvalue weighted by molar-refractivity contribution is 4.49. The molecule has 0 saturated carbocycles. The van der Waals surface area contributed by atoms with Crippen molar-refractivity contribution in [1.29, 1.82) is 0 Å². The van der Waals surface area contributed by atoms with E-state index in [1.807, 2.05) is 6.92 Å². The Hall–Kier alpha value is -0.120. The van der Waals surface area contributed by atoms with E-state index in [4.69, 9.17) is 14.6 Å². The summed E-state index contributed by atoms with van der Waals surface area (Å²) in [5, 5.41) is 8.91. The third kappa shape index (κ3) is 7.98. The molecule has 0 fully saturated rings. The van der Waals surface area contributed by atoms with Crippen molar-refractivity contribution in [2.24, 2.45) is 0 Å². The van der Waals surface area contributed by atoms with Gasteiger partial charge >= 0.3 is 0 Å². The van der Waals surface area contributed by atoms with Crippen molar-refractivity contribution in [3.63, 3.8) is 0 Å². The van der Waals surface area contributed by atoms with E-state index in [2.05, 4.69) is 6.92 Å². The second-order valence-electron chi connectivity index (χ2n) is 3.07. The van der Waals surface area contributed by atoms with Gasteiger partial charge in [-0.05, 0) is 20.3 Å². The average molecular weight is 176 g/mol. The van der Waals surface area contributed by atoms with Gasteiger partial charge in [-0.3, -0.25) is 0 Å². The summed E-state index contributed by atoms with van der Waals surface area (Å²) in [4.78, 5) is 0. The fourth-order valence-corrected chi connectivity index (χ4v) is 0.745. The molecule has 1 N–H and O–H groups in total. The Kier molecular flexibility index (Phi) is 7.45. The molecule has 0 bridgehead atoms. The molecule has 74 valence electrons. The molecule has 0 amide bonds. The minimum Gasteiger partial charge on any atom is -0.391 e. The van der Waals surface area contributed by atoms with E-state index in [1.54, 1.807) is 6.92 Å². The first kappa shape index (κ1) is 11.9. The molecular formula is C9H20O3. The molecule has 0 unspecified atom stereocenters. The Balaban J connectivity index is 3.15. The minimum atomic E-state index is -0.390. The highest BCUT2D eigenvalue weighted by atomic mass is 16.5. The van der Waals surface area contributed by atoms with Gasteiger partial charge in [-0.2, -0.15) is 0 Å². The van der Waals surface area contributed by atoms with Crippen molar-refractivity contribution in [1.82, 2.24) is 0 Å². The summed E-state index contributed by atoms with van der Waals surface area (Å²) in [6, 6.07) is 0. The van der Waals surface area contributed by atoms with Gasteiger partial charge in [-0.15, -0.1) is 0 Å². The lowest BCUT2D eigenvalue weighted by Crippen LogP contribution is -2.21. The number of hydrogen-bond donors (Lipinski definition) is 1. The largest absolute Gasteiger partial charge is 0.391 e. The predicted octanol–water partition coefficient (Wildman–Crippen LogP) is 1.20. The van der Waals surface area contributed by atoms with Crippen LogP contribution in [0.15, 0.2) is 0 Å². The normalized spacial score (nSPS) is 16.0. The molecule has 0 rings (SSSR count). The first-order valence-corrected chi connectivity index (χ1v) is 4.54. The van der Waals surface area contributed by atoms with E-state index in [0.29, 0.717) is 13.2 Å². The van der Waals surface area contributed by atoms with E-state index in [-0.39, 0.29) is 6.10 Å². The molecule has 0 heterocycles. The van der Waals surface area contributed by atoms with E-state index < -0.39 is 6.10 Å². The average Bonchev–Trinajstić information content (AvgIpc) is 2.01. The smallest absolute Gasteiger partial charge is 0.0781 e. The lowest BCUT2D eigenvalue weighted by atomic mass is 10.4. The van der Waals surface area contributed by atoms with Crippen LogP contribution >= 0.6 is 0 Å². The topological polar surface area (TPSA) is 38.7 Å². The number of hydrogen-bond acceptors (Lipinski definition) is 3. The van der Waals surface area contributed by atoms with Gasteiger partial charge in [0.05, 0.1) is 25.4 Å². The quantitative estimate of drug-likeness (QED) is 0.592. The Morgan fingerprint density at radius 1 is 1.25 bits per heavy atom. The lowest BCUT2D eigenvalue weighted by molar-refractivity contribution is -0.0363. The summed E-state index contributed by atoms with van der Waals surface area (Å²) < 4.78 is 10.5. The zero-order valence-corrected chi connectivity index (χ0v) is 8.25. The van der Waals surface area contributed by atoms with Gasteiger partial charge in [0, 0.05) is 6.61 Å². The molecule has 0 saturated heterocycles. The number of ether oxygens (including phenoxy) is 2. The van der Waals surface area contributed by atoms with Gasteiger partial charge in [0.1, 0.15) is 0 Å². The second-order valence-corrected chi connectivity index (χ2v) is 3.07. The summed E-state index contributed by atoms with van der Waals surface area (Å²) in [6.45, 7) is 7.50. The maximum absolute atomic E-state index is 8.91. The lowest BCUT2D eigenvalue weighted by Gasteiger charge is -2.14. The highest BCUT2D eigenvalue weighted by Crippen LogP contribution is 1.94. The summed E-state index contributed by atoms with van der Waals surface area (Å²) in [5.74, 6) is 0. The van der Waals surface area contributed by atoms with Crippen molar-refractivity contribution in [2.75, 3.05) is 19.8 Å². The number of rotatable bonds is 7. The van der Waals surface area contributed by atoms with Gasteiger partial charge in [-0.25, -0.2) is 0 Å². The molecule has 0 aromatic rings. The Bertz CT molecular complexity index is 93.8. The van der Waals surface area contributed by atoms with Crippen LogP contribution in [0.4, 0.5) is 0 Å². The van der Waals surface area contributed by atoms with Crippen molar-refractivity contribution in [3.05, 3.63) is 0 Å². The van der Waals surface area contributed by atoms with Crippen LogP contribution in [0, 0.1) is 0 Å². The molecular weight excluding hydrogens is 156 g/mol. The molecule has 0 spiro atoms. The van der Waals surface area contributed by atoms with Crippen LogP contribution in [0.5, 0.6) is 0 Å². The SMILES string of the molecule is CCCOC[C@@H](C)OC[C@H](C)O. The maximum atomic E-state index is 8.91. The van der Waals surface area contributed by atoms with Crippen LogP contribution in [0.25, 0.3) is 0 Å². The van der Waals surface area contributed by atoms with Crippen LogP contribution in [0.3, 0.4) is 0 Å². The van der Waals surface area contributed by atoms with E-state index in [9.17, 15) is 0 Å². The van der Waals surface area contributed by atoms with Crippen LogP contribution < -0.4 is 0 Å². The van der Waals surface area contributed by atoms with Crippen LogP contribution in [0.1, 0.15) is 27.2 Å². The molecule has 2 atom stereocenters. The van der Waals surface area contributed by atoms with Crippen molar-refractivity contribution < 1.29 is 14.6 Å². The molecule has 0 aromatic carbocycles. The van der Waals surface area contributed by atoms with E-state index in [1.165, 1.54) is 0 Å².